The number of hydrogen-bond acceptors (Lipinski definition) is 5. The molecule has 0 saturated carbocycles. The monoisotopic (exact) mass is 368 g/mol. The van der Waals surface area contributed by atoms with Crippen molar-refractivity contribution in [1.29, 1.82) is 0 Å². The molecule has 1 aliphatic rings. The van der Waals surface area contributed by atoms with E-state index in [1.807, 2.05) is 6.92 Å². The van der Waals surface area contributed by atoms with Crippen molar-refractivity contribution in [3.63, 3.8) is 0 Å². The summed E-state index contributed by atoms with van der Waals surface area (Å²) in [7, 11) is 0. The number of nitrogens with zero attached hydrogens (tertiary/aromatic N) is 3. The third-order valence-electron chi connectivity index (χ3n) is 5.10. The molecule has 1 amide bonds. The van der Waals surface area contributed by atoms with Gasteiger partial charge in [-0.15, -0.1) is 0 Å². The summed E-state index contributed by atoms with van der Waals surface area (Å²) in [6, 6.07) is 5.30. The number of aromatic nitrogens is 3. The number of H-pyrrole nitrogens is 1. The molecular weight excluding hydrogens is 344 g/mol. The second-order valence-corrected chi connectivity index (χ2v) is 6.99. The lowest BCUT2D eigenvalue weighted by molar-refractivity contribution is -0.132. The highest BCUT2D eigenvalue weighted by Crippen LogP contribution is 2.21. The first-order valence-electron chi connectivity index (χ1n) is 9.25. The fourth-order valence-electron chi connectivity index (χ4n) is 3.65. The van der Waals surface area contributed by atoms with E-state index in [0.717, 1.165) is 24.1 Å². The van der Waals surface area contributed by atoms with Crippen LogP contribution in [0.15, 0.2) is 29.2 Å². The summed E-state index contributed by atoms with van der Waals surface area (Å²) in [6.45, 7) is 4.71. The van der Waals surface area contributed by atoms with E-state index in [1.54, 1.807) is 36.2 Å². The van der Waals surface area contributed by atoms with E-state index in [1.165, 1.54) is 0 Å². The summed E-state index contributed by atoms with van der Waals surface area (Å²) in [4.78, 5) is 49.2. The zero-order valence-corrected chi connectivity index (χ0v) is 15.7. The van der Waals surface area contributed by atoms with E-state index in [0.29, 0.717) is 37.3 Å². The number of pyridine rings is 1. The number of amides is 1. The van der Waals surface area contributed by atoms with Crippen molar-refractivity contribution in [2.75, 3.05) is 13.1 Å². The van der Waals surface area contributed by atoms with Gasteiger partial charge in [0.2, 0.25) is 5.91 Å². The number of Topliss-reactive ketones (excluding diaryl/α,β-unsaturated/α-hetero) is 1. The van der Waals surface area contributed by atoms with Crippen molar-refractivity contribution in [2.45, 2.75) is 39.5 Å². The first kappa shape index (κ1) is 18.9. The highest BCUT2D eigenvalue weighted by molar-refractivity contribution is 5.96. The Morgan fingerprint density at radius 1 is 1.30 bits per heavy atom. The fourth-order valence-corrected chi connectivity index (χ4v) is 3.65. The predicted molar refractivity (Wildman–Crippen MR) is 101 cm³/mol. The smallest absolute Gasteiger partial charge is 0.342 e. The molecule has 1 fully saturated rings. The Kier molecular flexibility index (Phi) is 5.78. The Hall–Kier alpha value is -2.83. The predicted octanol–water partition coefficient (Wildman–Crippen LogP) is 1.84. The first-order chi connectivity index (χ1) is 13.0. The van der Waals surface area contributed by atoms with E-state index in [9.17, 15) is 14.4 Å². The number of hydrogen-bond donors (Lipinski definition) is 1. The molecule has 0 spiro atoms. The second kappa shape index (κ2) is 8.24. The molecule has 0 aromatic carbocycles. The Balaban J connectivity index is 1.62. The third kappa shape index (κ3) is 4.48. The van der Waals surface area contributed by atoms with Crippen LogP contribution in [0.2, 0.25) is 0 Å². The number of carbonyl (C=O) groups is 2. The highest BCUT2D eigenvalue weighted by Gasteiger charge is 2.29. The van der Waals surface area contributed by atoms with Crippen LogP contribution in [0.5, 0.6) is 0 Å². The summed E-state index contributed by atoms with van der Waals surface area (Å²) >= 11 is 0. The van der Waals surface area contributed by atoms with Crippen molar-refractivity contribution in [2.24, 2.45) is 5.92 Å². The third-order valence-corrected chi connectivity index (χ3v) is 5.10. The van der Waals surface area contributed by atoms with Gasteiger partial charge in [-0.1, -0.05) is 6.07 Å². The number of carbonyl (C=O) groups excluding carboxylic acids is 2. The number of aromatic amines is 1. The summed E-state index contributed by atoms with van der Waals surface area (Å²) in [5.74, 6) is -0.168. The van der Waals surface area contributed by atoms with Gasteiger partial charge in [-0.3, -0.25) is 14.6 Å². The zero-order valence-electron chi connectivity index (χ0n) is 15.7. The minimum absolute atomic E-state index is 0.00428. The molecule has 3 heterocycles. The first-order valence-corrected chi connectivity index (χ1v) is 9.25. The van der Waals surface area contributed by atoms with Gasteiger partial charge in [0.05, 0.1) is 0 Å². The van der Waals surface area contributed by atoms with E-state index < -0.39 is 0 Å². The Bertz CT molecular complexity index is 866. The molecule has 0 unspecified atom stereocenters. The van der Waals surface area contributed by atoms with Crippen LogP contribution in [0.3, 0.4) is 0 Å². The molecule has 27 heavy (non-hydrogen) atoms. The molecule has 0 bridgehead atoms. The Morgan fingerprint density at radius 2 is 2.11 bits per heavy atom. The molecule has 1 saturated heterocycles. The molecule has 2 aromatic heterocycles. The molecule has 2 aromatic rings. The topological polar surface area (TPSA) is 96.0 Å². The van der Waals surface area contributed by atoms with E-state index in [-0.39, 0.29) is 23.3 Å². The number of aryl methyl sites for hydroxylation is 2. The van der Waals surface area contributed by atoms with Crippen molar-refractivity contribution in [1.82, 2.24) is 19.9 Å². The molecule has 142 valence electrons. The molecule has 1 aliphatic heterocycles. The average Bonchev–Trinajstić information content (AvgIpc) is 2.67. The zero-order chi connectivity index (χ0) is 19.4. The van der Waals surface area contributed by atoms with E-state index in [4.69, 9.17) is 0 Å². The maximum absolute atomic E-state index is 12.7. The number of rotatable bonds is 5. The van der Waals surface area contributed by atoms with Gasteiger partial charge in [-0.2, -0.15) is 4.98 Å². The molecule has 0 radical (unpaired) electrons. The van der Waals surface area contributed by atoms with Crippen LogP contribution in [-0.2, 0) is 11.2 Å². The van der Waals surface area contributed by atoms with E-state index >= 15 is 0 Å². The van der Waals surface area contributed by atoms with Crippen LogP contribution in [-0.4, -0.2) is 44.6 Å². The Morgan fingerprint density at radius 3 is 2.81 bits per heavy atom. The van der Waals surface area contributed by atoms with Gasteiger partial charge in [0.15, 0.2) is 5.78 Å². The van der Waals surface area contributed by atoms with Crippen molar-refractivity contribution >= 4 is 11.7 Å². The number of nitrogens with one attached hydrogen (secondary N) is 1. The van der Waals surface area contributed by atoms with Gasteiger partial charge in [0.25, 0.3) is 0 Å². The minimum atomic E-state index is -0.369. The van der Waals surface area contributed by atoms with Crippen LogP contribution in [0, 0.1) is 19.8 Å². The van der Waals surface area contributed by atoms with Crippen LogP contribution >= 0.6 is 0 Å². The summed E-state index contributed by atoms with van der Waals surface area (Å²) < 4.78 is 0. The van der Waals surface area contributed by atoms with Crippen LogP contribution in [0.4, 0.5) is 0 Å². The Labute approximate surface area is 157 Å². The normalized spacial score (nSPS) is 17.0. The van der Waals surface area contributed by atoms with Gasteiger partial charge in [-0.05, 0) is 50.8 Å². The summed E-state index contributed by atoms with van der Waals surface area (Å²) in [5.41, 5.74) is 2.41. The standard InChI is InChI=1S/C20H24N4O3/c1-13-16(14(2)23-20(27)22-13)8-9-18(25)24-11-5-6-15(12-24)19(26)17-7-3-4-10-21-17/h3-4,7,10,15H,5-6,8-9,11-12H2,1-2H3,(H,22,23,27)/t15-/m0/s1. The maximum Gasteiger partial charge on any atom is 0.345 e. The van der Waals surface area contributed by atoms with Crippen LogP contribution < -0.4 is 5.69 Å². The number of likely N-dealkylation sites (tertiary alicyclic amines) is 1. The lowest BCUT2D eigenvalue weighted by Crippen LogP contribution is -2.42. The van der Waals surface area contributed by atoms with Gasteiger partial charge >= 0.3 is 5.69 Å². The highest BCUT2D eigenvalue weighted by atomic mass is 16.2. The molecule has 3 rings (SSSR count). The molecule has 1 atom stereocenters. The van der Waals surface area contributed by atoms with Crippen LogP contribution in [0.1, 0.15) is 46.7 Å². The summed E-state index contributed by atoms with van der Waals surface area (Å²) in [5, 5.41) is 0. The molecule has 7 heteroatoms. The van der Waals surface area contributed by atoms with Gasteiger partial charge in [0.1, 0.15) is 5.69 Å². The molecule has 7 nitrogen and oxygen atoms in total. The number of piperidine rings is 1. The quantitative estimate of drug-likeness (QED) is 0.813. The lowest BCUT2D eigenvalue weighted by atomic mass is 9.91. The van der Waals surface area contributed by atoms with Gasteiger partial charge < -0.3 is 9.88 Å². The molecule has 1 N–H and O–H groups in total. The van der Waals surface area contributed by atoms with Gasteiger partial charge in [0, 0.05) is 43.0 Å². The average molecular weight is 368 g/mol. The summed E-state index contributed by atoms with van der Waals surface area (Å²) in [6.07, 6.45) is 4.06. The van der Waals surface area contributed by atoms with Crippen molar-refractivity contribution in [3.05, 3.63) is 57.5 Å². The van der Waals surface area contributed by atoms with Gasteiger partial charge in [-0.25, -0.2) is 4.79 Å². The lowest BCUT2D eigenvalue weighted by Gasteiger charge is -2.32. The van der Waals surface area contributed by atoms with Crippen LogP contribution in [0.25, 0.3) is 0 Å². The largest absolute Gasteiger partial charge is 0.345 e. The second-order valence-electron chi connectivity index (χ2n) is 6.99. The minimum Gasteiger partial charge on any atom is -0.342 e. The fraction of sp³-hybridized carbons (Fsp3) is 0.450. The maximum atomic E-state index is 12.7. The van der Waals surface area contributed by atoms with Crippen molar-refractivity contribution < 1.29 is 9.59 Å². The molecule has 0 aliphatic carbocycles. The SMILES string of the molecule is Cc1nc(=O)[nH]c(C)c1CCC(=O)N1CCC[C@H](C(=O)c2ccccn2)C1. The van der Waals surface area contributed by atoms with Crippen molar-refractivity contribution in [3.8, 4) is 0 Å². The van der Waals surface area contributed by atoms with E-state index in [2.05, 4.69) is 15.0 Å². The number of ketones is 1. The molecular formula is C20H24N4O3.